The predicted octanol–water partition coefficient (Wildman–Crippen LogP) is 2.79. The molecule has 0 bridgehead atoms. The van der Waals surface area contributed by atoms with Crippen LogP contribution in [-0.2, 0) is 9.53 Å². The Hall–Kier alpha value is -1.66. The molecule has 26 heavy (non-hydrogen) atoms. The van der Waals surface area contributed by atoms with Gasteiger partial charge < -0.3 is 9.64 Å². The number of hydrogen-bond donors (Lipinski definition) is 1. The van der Waals surface area contributed by atoms with Crippen LogP contribution in [0.25, 0.3) is 0 Å². The van der Waals surface area contributed by atoms with Gasteiger partial charge in [0, 0.05) is 19.0 Å². The van der Waals surface area contributed by atoms with Crippen molar-refractivity contribution in [3.8, 4) is 0 Å². The molecule has 1 aromatic heterocycles. The molecular weight excluding hydrogens is 328 g/mol. The van der Waals surface area contributed by atoms with E-state index in [4.69, 9.17) is 15.6 Å². The third kappa shape index (κ3) is 3.09. The van der Waals surface area contributed by atoms with Crippen LogP contribution in [0.4, 0.5) is 11.5 Å². The average Bonchev–Trinajstić information content (AvgIpc) is 2.50. The molecule has 1 amide bonds. The Bertz CT molecular complexity index is 685. The molecule has 2 N–H and O–H groups in total. The summed E-state index contributed by atoms with van der Waals surface area (Å²) in [6, 6.07) is 3.90. The Balaban J connectivity index is 1.44. The molecule has 1 aromatic rings. The van der Waals surface area contributed by atoms with Gasteiger partial charge in [-0.05, 0) is 64.0 Å². The van der Waals surface area contributed by atoms with Crippen molar-refractivity contribution in [2.45, 2.75) is 65.1 Å². The number of carbonyl (C=O) groups excluding carboxylic acids is 1. The van der Waals surface area contributed by atoms with Gasteiger partial charge >= 0.3 is 0 Å². The number of ether oxygens (including phenoxy) is 1. The van der Waals surface area contributed by atoms with Crippen LogP contribution in [0.2, 0.25) is 0 Å². The quantitative estimate of drug-likeness (QED) is 0.511. The summed E-state index contributed by atoms with van der Waals surface area (Å²) in [6.07, 6.45) is 6.27. The molecular formula is C20H30N4O2. The second-order valence-corrected chi connectivity index (χ2v) is 8.60. The number of amides is 1. The van der Waals surface area contributed by atoms with Gasteiger partial charge in [0.05, 0.1) is 23.6 Å². The van der Waals surface area contributed by atoms with Crippen molar-refractivity contribution in [1.29, 1.82) is 0 Å². The van der Waals surface area contributed by atoms with E-state index in [0.29, 0.717) is 11.1 Å². The van der Waals surface area contributed by atoms with E-state index in [1.165, 1.54) is 24.3 Å². The van der Waals surface area contributed by atoms with Crippen LogP contribution in [0.1, 0.15) is 51.6 Å². The highest BCUT2D eigenvalue weighted by molar-refractivity contribution is 5.95. The van der Waals surface area contributed by atoms with Crippen molar-refractivity contribution in [2.24, 2.45) is 17.2 Å². The van der Waals surface area contributed by atoms with Crippen LogP contribution >= 0.6 is 0 Å². The molecule has 6 nitrogen and oxygen atoms in total. The largest absolute Gasteiger partial charge is 0.372 e. The second kappa shape index (κ2) is 6.50. The topological polar surface area (TPSA) is 71.7 Å². The van der Waals surface area contributed by atoms with Crippen LogP contribution < -0.4 is 15.8 Å². The van der Waals surface area contributed by atoms with Gasteiger partial charge in [0.15, 0.2) is 0 Å². The van der Waals surface area contributed by atoms with E-state index in [-0.39, 0.29) is 24.0 Å². The van der Waals surface area contributed by atoms with Crippen LogP contribution in [0.15, 0.2) is 12.1 Å². The fourth-order valence-corrected chi connectivity index (χ4v) is 4.90. The molecule has 1 spiro atoms. The fourth-order valence-electron chi connectivity index (χ4n) is 4.90. The standard InChI is InChI=1S/C20H30N4O2/c1-13-11-23(12-14(2)26-13)18-6-5-17(15(3)22-18)24(21)19(25)16-9-20(10-16)7-4-8-20/h5-6,13-14,16H,4,7-12,21H2,1-3H3. The summed E-state index contributed by atoms with van der Waals surface area (Å²) < 4.78 is 5.80. The average molecular weight is 358 g/mol. The minimum Gasteiger partial charge on any atom is -0.372 e. The fraction of sp³-hybridized carbons (Fsp3) is 0.700. The molecule has 142 valence electrons. The van der Waals surface area contributed by atoms with Crippen LogP contribution in [-0.4, -0.2) is 36.2 Å². The number of nitrogens with zero attached hydrogens (tertiary/aromatic N) is 3. The first-order valence-electron chi connectivity index (χ1n) is 9.84. The van der Waals surface area contributed by atoms with Gasteiger partial charge in [-0.3, -0.25) is 4.79 Å². The number of rotatable bonds is 3. The Kier molecular flexibility index (Phi) is 4.43. The highest BCUT2D eigenvalue weighted by Crippen LogP contribution is 2.59. The first kappa shape index (κ1) is 17.7. The molecule has 2 atom stereocenters. The zero-order valence-electron chi connectivity index (χ0n) is 16.1. The summed E-state index contributed by atoms with van der Waals surface area (Å²) >= 11 is 0. The normalized spacial score (nSPS) is 27.8. The lowest BCUT2D eigenvalue weighted by Crippen LogP contribution is -2.52. The third-order valence-corrected chi connectivity index (χ3v) is 6.41. The molecule has 3 aliphatic rings. The molecule has 2 aliphatic carbocycles. The maximum atomic E-state index is 12.7. The number of carbonyl (C=O) groups is 1. The number of aromatic nitrogens is 1. The van der Waals surface area contributed by atoms with E-state index in [0.717, 1.165) is 37.4 Å². The Labute approximate surface area is 155 Å². The summed E-state index contributed by atoms with van der Waals surface area (Å²) in [5.74, 6) is 7.22. The number of hydrazine groups is 1. The van der Waals surface area contributed by atoms with Crippen LogP contribution in [0, 0.1) is 18.3 Å². The van der Waals surface area contributed by atoms with Gasteiger partial charge in [-0.25, -0.2) is 15.8 Å². The Morgan fingerprint density at radius 1 is 1.27 bits per heavy atom. The summed E-state index contributed by atoms with van der Waals surface area (Å²) in [4.78, 5) is 19.7. The molecule has 6 heteroatoms. The lowest BCUT2D eigenvalue weighted by Gasteiger charge is -2.54. The second-order valence-electron chi connectivity index (χ2n) is 8.60. The zero-order valence-corrected chi connectivity index (χ0v) is 16.1. The molecule has 2 heterocycles. The minimum absolute atomic E-state index is 0.0359. The smallest absolute Gasteiger partial charge is 0.244 e. The van der Waals surface area contributed by atoms with E-state index in [1.807, 2.05) is 19.1 Å². The van der Waals surface area contributed by atoms with Crippen molar-refractivity contribution in [3.05, 3.63) is 17.8 Å². The van der Waals surface area contributed by atoms with E-state index in [1.54, 1.807) is 0 Å². The highest BCUT2D eigenvalue weighted by Gasteiger charge is 2.51. The number of aryl methyl sites for hydroxylation is 1. The van der Waals surface area contributed by atoms with Crippen molar-refractivity contribution in [3.63, 3.8) is 0 Å². The molecule has 0 aromatic carbocycles. The van der Waals surface area contributed by atoms with Gasteiger partial charge in [-0.15, -0.1) is 0 Å². The highest BCUT2D eigenvalue weighted by atomic mass is 16.5. The molecule has 1 saturated heterocycles. The number of nitrogens with two attached hydrogens (primary N) is 1. The molecule has 2 unspecified atom stereocenters. The van der Waals surface area contributed by atoms with Crippen molar-refractivity contribution >= 4 is 17.4 Å². The zero-order chi connectivity index (χ0) is 18.5. The number of anilines is 2. The molecule has 0 radical (unpaired) electrons. The molecule has 2 saturated carbocycles. The Morgan fingerprint density at radius 2 is 1.92 bits per heavy atom. The third-order valence-electron chi connectivity index (χ3n) is 6.41. The molecule has 4 rings (SSSR count). The lowest BCUT2D eigenvalue weighted by molar-refractivity contribution is -0.134. The van der Waals surface area contributed by atoms with Gasteiger partial charge in [0.1, 0.15) is 5.82 Å². The monoisotopic (exact) mass is 358 g/mol. The van der Waals surface area contributed by atoms with E-state index in [9.17, 15) is 4.79 Å². The van der Waals surface area contributed by atoms with Crippen molar-refractivity contribution in [2.75, 3.05) is 23.0 Å². The van der Waals surface area contributed by atoms with Crippen LogP contribution in [0.3, 0.4) is 0 Å². The van der Waals surface area contributed by atoms with E-state index in [2.05, 4.69) is 18.7 Å². The van der Waals surface area contributed by atoms with Gasteiger partial charge in [-0.2, -0.15) is 0 Å². The van der Waals surface area contributed by atoms with E-state index < -0.39 is 0 Å². The van der Waals surface area contributed by atoms with Gasteiger partial charge in [0.2, 0.25) is 5.91 Å². The van der Waals surface area contributed by atoms with Gasteiger partial charge in [-0.1, -0.05) is 6.42 Å². The van der Waals surface area contributed by atoms with E-state index >= 15 is 0 Å². The molecule has 1 aliphatic heterocycles. The SMILES string of the molecule is Cc1nc(N2CC(C)OC(C)C2)ccc1N(N)C(=O)C1CC2(CCC2)C1. The van der Waals surface area contributed by atoms with Gasteiger partial charge in [0.25, 0.3) is 0 Å². The van der Waals surface area contributed by atoms with Crippen LogP contribution in [0.5, 0.6) is 0 Å². The number of hydrogen-bond acceptors (Lipinski definition) is 5. The summed E-state index contributed by atoms with van der Waals surface area (Å²) in [7, 11) is 0. The molecule has 3 fully saturated rings. The minimum atomic E-state index is 0.0359. The first-order chi connectivity index (χ1) is 12.4. The maximum Gasteiger partial charge on any atom is 0.244 e. The summed E-state index contributed by atoms with van der Waals surface area (Å²) in [5.41, 5.74) is 1.98. The Morgan fingerprint density at radius 3 is 2.46 bits per heavy atom. The first-order valence-corrected chi connectivity index (χ1v) is 9.84. The maximum absolute atomic E-state index is 12.7. The van der Waals surface area contributed by atoms with Crippen molar-refractivity contribution < 1.29 is 9.53 Å². The lowest BCUT2D eigenvalue weighted by atomic mass is 9.51. The summed E-state index contributed by atoms with van der Waals surface area (Å²) in [5, 5.41) is 1.33. The van der Waals surface area contributed by atoms with Crippen molar-refractivity contribution in [1.82, 2.24) is 4.98 Å². The summed E-state index contributed by atoms with van der Waals surface area (Å²) in [6.45, 7) is 7.74. The number of morpholine rings is 1. The predicted molar refractivity (Wildman–Crippen MR) is 102 cm³/mol. The number of pyridine rings is 1.